The van der Waals surface area contributed by atoms with E-state index in [9.17, 15) is 14.9 Å². The van der Waals surface area contributed by atoms with E-state index in [1.165, 1.54) is 12.1 Å². The molecule has 0 aliphatic carbocycles. The Hall–Kier alpha value is -3.09. The molecule has 1 aromatic heterocycles. The molecular weight excluding hydrogens is 320 g/mol. The van der Waals surface area contributed by atoms with E-state index in [0.29, 0.717) is 17.1 Å². The summed E-state index contributed by atoms with van der Waals surface area (Å²) in [5.74, 6) is 0.404. The van der Waals surface area contributed by atoms with Crippen molar-refractivity contribution in [2.75, 3.05) is 18.0 Å². The SMILES string of the molecule is Cc1ccc(C(=O)C=Cc2cnc(N3CCCC3)nc2)cc1[N+](=O)[O-]. The average molecular weight is 338 g/mol. The molecule has 0 unspecified atom stereocenters. The second-order valence-corrected chi connectivity index (χ2v) is 5.97. The first-order chi connectivity index (χ1) is 12.0. The molecule has 1 aliphatic heterocycles. The highest BCUT2D eigenvalue weighted by atomic mass is 16.6. The number of carbonyl (C=O) groups excluding carboxylic acids is 1. The molecule has 0 bridgehead atoms. The lowest BCUT2D eigenvalue weighted by atomic mass is 10.1. The molecular formula is C18H18N4O3. The second-order valence-electron chi connectivity index (χ2n) is 5.97. The average Bonchev–Trinajstić information content (AvgIpc) is 3.15. The Morgan fingerprint density at radius 1 is 1.24 bits per heavy atom. The molecule has 7 heteroatoms. The number of anilines is 1. The number of nitro groups is 1. The fraction of sp³-hybridized carbons (Fsp3) is 0.278. The number of rotatable bonds is 5. The first kappa shape index (κ1) is 16.8. The van der Waals surface area contributed by atoms with E-state index in [4.69, 9.17) is 0 Å². The summed E-state index contributed by atoms with van der Waals surface area (Å²) in [5.41, 5.74) is 1.45. The Balaban J connectivity index is 1.72. The van der Waals surface area contributed by atoms with Gasteiger partial charge >= 0.3 is 0 Å². The molecule has 1 aliphatic rings. The normalized spacial score (nSPS) is 14.2. The summed E-state index contributed by atoms with van der Waals surface area (Å²) in [6.07, 6.45) is 8.64. The maximum absolute atomic E-state index is 12.2. The highest BCUT2D eigenvalue weighted by Crippen LogP contribution is 2.20. The minimum Gasteiger partial charge on any atom is -0.341 e. The summed E-state index contributed by atoms with van der Waals surface area (Å²) in [7, 11) is 0. The van der Waals surface area contributed by atoms with E-state index in [0.717, 1.165) is 25.9 Å². The topological polar surface area (TPSA) is 89.2 Å². The number of hydrogen-bond donors (Lipinski definition) is 0. The quantitative estimate of drug-likeness (QED) is 0.360. The van der Waals surface area contributed by atoms with Crippen molar-refractivity contribution in [2.24, 2.45) is 0 Å². The van der Waals surface area contributed by atoms with Crippen LogP contribution in [0.2, 0.25) is 0 Å². The summed E-state index contributed by atoms with van der Waals surface area (Å²) in [6.45, 7) is 3.58. The molecule has 0 amide bonds. The van der Waals surface area contributed by atoms with Crippen LogP contribution in [-0.2, 0) is 0 Å². The van der Waals surface area contributed by atoms with Gasteiger partial charge in [0, 0.05) is 48.2 Å². The molecule has 7 nitrogen and oxygen atoms in total. The van der Waals surface area contributed by atoms with Gasteiger partial charge in [0.15, 0.2) is 5.78 Å². The van der Waals surface area contributed by atoms with E-state index in [1.807, 2.05) is 0 Å². The van der Waals surface area contributed by atoms with E-state index < -0.39 is 4.92 Å². The molecule has 0 spiro atoms. The first-order valence-corrected chi connectivity index (χ1v) is 8.09. The highest BCUT2D eigenvalue weighted by Gasteiger charge is 2.15. The van der Waals surface area contributed by atoms with Gasteiger partial charge in [0.2, 0.25) is 5.95 Å². The van der Waals surface area contributed by atoms with Gasteiger partial charge < -0.3 is 4.90 Å². The lowest BCUT2D eigenvalue weighted by Gasteiger charge is -2.14. The zero-order valence-electron chi connectivity index (χ0n) is 13.9. The van der Waals surface area contributed by atoms with Crippen LogP contribution in [0.15, 0.2) is 36.7 Å². The van der Waals surface area contributed by atoms with Gasteiger partial charge in [-0.15, -0.1) is 0 Å². The number of aromatic nitrogens is 2. The third kappa shape index (κ3) is 3.88. The van der Waals surface area contributed by atoms with Crippen LogP contribution in [-0.4, -0.2) is 33.8 Å². The van der Waals surface area contributed by atoms with Crippen LogP contribution in [0.3, 0.4) is 0 Å². The van der Waals surface area contributed by atoms with Crippen molar-refractivity contribution in [3.8, 4) is 0 Å². The van der Waals surface area contributed by atoms with E-state index in [1.54, 1.807) is 37.5 Å². The Morgan fingerprint density at radius 3 is 2.56 bits per heavy atom. The number of allylic oxidation sites excluding steroid dienone is 1. The number of carbonyl (C=O) groups is 1. The maximum atomic E-state index is 12.2. The second kappa shape index (κ2) is 7.21. The van der Waals surface area contributed by atoms with E-state index >= 15 is 0 Å². The Kier molecular flexibility index (Phi) is 4.83. The lowest BCUT2D eigenvalue weighted by Crippen LogP contribution is -2.20. The van der Waals surface area contributed by atoms with Crippen molar-refractivity contribution in [2.45, 2.75) is 19.8 Å². The molecule has 2 heterocycles. The smallest absolute Gasteiger partial charge is 0.273 e. The molecule has 3 rings (SSSR count). The van der Waals surface area contributed by atoms with Crippen molar-refractivity contribution >= 4 is 23.5 Å². The van der Waals surface area contributed by atoms with Crippen molar-refractivity contribution in [1.82, 2.24) is 9.97 Å². The summed E-state index contributed by atoms with van der Waals surface area (Å²) < 4.78 is 0. The molecule has 128 valence electrons. The minimum absolute atomic E-state index is 0.0578. The third-order valence-corrected chi connectivity index (χ3v) is 4.16. The predicted octanol–water partition coefficient (Wildman–Crippen LogP) is 3.19. The number of benzene rings is 1. The van der Waals surface area contributed by atoms with Gasteiger partial charge in [0.25, 0.3) is 5.69 Å². The standard InChI is InChI=1S/C18H18N4O3/c1-13-4-6-15(10-16(13)22(24)25)17(23)7-5-14-11-19-18(20-12-14)21-8-2-3-9-21/h4-7,10-12H,2-3,8-9H2,1H3. The minimum atomic E-state index is -0.485. The highest BCUT2D eigenvalue weighted by molar-refractivity contribution is 6.07. The van der Waals surface area contributed by atoms with E-state index in [-0.39, 0.29) is 17.0 Å². The Bertz CT molecular complexity index is 825. The zero-order chi connectivity index (χ0) is 17.8. The van der Waals surface area contributed by atoms with E-state index in [2.05, 4.69) is 14.9 Å². The largest absolute Gasteiger partial charge is 0.341 e. The molecule has 1 fully saturated rings. The molecule has 1 aromatic carbocycles. The van der Waals surface area contributed by atoms with Crippen molar-refractivity contribution in [3.05, 3.63) is 63.5 Å². The molecule has 0 atom stereocenters. The number of hydrogen-bond acceptors (Lipinski definition) is 6. The molecule has 0 radical (unpaired) electrons. The third-order valence-electron chi connectivity index (χ3n) is 4.16. The Morgan fingerprint density at radius 2 is 1.92 bits per heavy atom. The summed E-state index contributed by atoms with van der Waals surface area (Å²) in [4.78, 5) is 33.5. The van der Waals surface area contributed by atoms with Gasteiger partial charge in [0.1, 0.15) is 0 Å². The van der Waals surface area contributed by atoms with Crippen LogP contribution in [0.1, 0.15) is 34.3 Å². The predicted molar refractivity (Wildman–Crippen MR) is 94.7 cm³/mol. The molecule has 25 heavy (non-hydrogen) atoms. The number of aryl methyl sites for hydroxylation is 1. The van der Waals surface area contributed by atoms with Gasteiger partial charge in [-0.1, -0.05) is 12.1 Å². The molecule has 0 saturated carbocycles. The van der Waals surface area contributed by atoms with Gasteiger partial charge in [-0.3, -0.25) is 14.9 Å². The van der Waals surface area contributed by atoms with Crippen molar-refractivity contribution < 1.29 is 9.72 Å². The Labute approximate surface area is 145 Å². The van der Waals surface area contributed by atoms with Gasteiger partial charge in [-0.2, -0.15) is 0 Å². The lowest BCUT2D eigenvalue weighted by molar-refractivity contribution is -0.385. The van der Waals surface area contributed by atoms with Crippen LogP contribution in [0.25, 0.3) is 6.08 Å². The fourth-order valence-corrected chi connectivity index (χ4v) is 2.73. The van der Waals surface area contributed by atoms with Gasteiger partial charge in [-0.25, -0.2) is 9.97 Å². The fourth-order valence-electron chi connectivity index (χ4n) is 2.73. The van der Waals surface area contributed by atoms with Crippen LogP contribution in [0, 0.1) is 17.0 Å². The van der Waals surface area contributed by atoms with Crippen LogP contribution in [0.4, 0.5) is 11.6 Å². The summed E-state index contributed by atoms with van der Waals surface area (Å²) >= 11 is 0. The first-order valence-electron chi connectivity index (χ1n) is 8.09. The molecule has 2 aromatic rings. The van der Waals surface area contributed by atoms with Crippen LogP contribution in [0.5, 0.6) is 0 Å². The summed E-state index contributed by atoms with van der Waals surface area (Å²) in [5, 5.41) is 11.0. The number of nitrogens with zero attached hydrogens (tertiary/aromatic N) is 4. The molecule has 1 saturated heterocycles. The van der Waals surface area contributed by atoms with Crippen LogP contribution >= 0.6 is 0 Å². The number of nitro benzene ring substituents is 1. The summed E-state index contributed by atoms with van der Waals surface area (Å²) in [6, 6.07) is 4.46. The van der Waals surface area contributed by atoms with Gasteiger partial charge in [-0.05, 0) is 31.9 Å². The van der Waals surface area contributed by atoms with Crippen LogP contribution < -0.4 is 4.90 Å². The number of ketones is 1. The van der Waals surface area contributed by atoms with Crippen molar-refractivity contribution in [1.29, 1.82) is 0 Å². The van der Waals surface area contributed by atoms with Gasteiger partial charge in [0.05, 0.1) is 4.92 Å². The van der Waals surface area contributed by atoms with Crippen molar-refractivity contribution in [3.63, 3.8) is 0 Å². The monoisotopic (exact) mass is 338 g/mol. The maximum Gasteiger partial charge on any atom is 0.273 e. The molecule has 0 N–H and O–H groups in total. The zero-order valence-corrected chi connectivity index (χ0v) is 13.9.